The first-order chi connectivity index (χ1) is 9.93. The molecule has 0 atom stereocenters. The highest BCUT2D eigenvalue weighted by Gasteiger charge is 2.27. The predicted molar refractivity (Wildman–Crippen MR) is 72.5 cm³/mol. The largest absolute Gasteiger partial charge is 0.288 e. The van der Waals surface area contributed by atoms with Gasteiger partial charge in [-0.15, -0.1) is 0 Å². The number of hydrogen-bond acceptors (Lipinski definition) is 5. The second-order valence-electron chi connectivity index (χ2n) is 4.31. The summed E-state index contributed by atoms with van der Waals surface area (Å²) in [4.78, 5) is 33.5. The molecular weight excluding hydrogens is 274 g/mol. The predicted octanol–water partition coefficient (Wildman–Crippen LogP) is 1.47. The first kappa shape index (κ1) is 14.1. The van der Waals surface area contributed by atoms with Gasteiger partial charge >= 0.3 is 0 Å². The van der Waals surface area contributed by atoms with E-state index in [1.54, 1.807) is 12.1 Å². The third kappa shape index (κ3) is 2.69. The van der Waals surface area contributed by atoms with Crippen LogP contribution >= 0.6 is 0 Å². The second kappa shape index (κ2) is 5.38. The molecule has 21 heavy (non-hydrogen) atoms. The summed E-state index contributed by atoms with van der Waals surface area (Å²) in [6, 6.07) is 7.44. The lowest BCUT2D eigenvalue weighted by Crippen LogP contribution is -2.37. The minimum absolute atomic E-state index is 0.112. The number of imide groups is 1. The molecule has 0 bridgehead atoms. The van der Waals surface area contributed by atoms with Crippen molar-refractivity contribution in [1.29, 1.82) is 5.26 Å². The van der Waals surface area contributed by atoms with Crippen molar-refractivity contribution < 1.29 is 14.5 Å². The number of benzene rings is 1. The van der Waals surface area contributed by atoms with E-state index in [0.717, 1.165) is 0 Å². The molecule has 0 radical (unpaired) electrons. The van der Waals surface area contributed by atoms with E-state index in [-0.39, 0.29) is 22.4 Å². The van der Waals surface area contributed by atoms with E-state index in [2.05, 4.69) is 5.32 Å². The van der Waals surface area contributed by atoms with Crippen molar-refractivity contribution in [2.45, 2.75) is 6.92 Å². The van der Waals surface area contributed by atoms with Gasteiger partial charge in [-0.1, -0.05) is 12.1 Å². The zero-order chi connectivity index (χ0) is 15.6. The van der Waals surface area contributed by atoms with Gasteiger partial charge in [-0.2, -0.15) is 5.26 Å². The number of nitrogens with zero attached hydrogens (tertiary/aromatic N) is 2. The van der Waals surface area contributed by atoms with Crippen LogP contribution in [0.15, 0.2) is 41.0 Å². The number of hydrogen-bond donors (Lipinski definition) is 1. The average Bonchev–Trinajstić information content (AvgIpc) is 2.44. The van der Waals surface area contributed by atoms with Crippen molar-refractivity contribution in [2.75, 3.05) is 0 Å². The van der Waals surface area contributed by atoms with E-state index < -0.39 is 16.7 Å². The van der Waals surface area contributed by atoms with Crippen LogP contribution in [0.1, 0.15) is 12.5 Å². The van der Waals surface area contributed by atoms with Crippen LogP contribution in [0.3, 0.4) is 0 Å². The summed E-state index contributed by atoms with van der Waals surface area (Å²) < 4.78 is 0. The fraction of sp³-hybridized carbons (Fsp3) is 0.0714. The molecule has 1 N–H and O–H groups in total. The Balaban J connectivity index is 2.54. The van der Waals surface area contributed by atoms with Crippen LogP contribution < -0.4 is 5.32 Å². The number of rotatable bonds is 2. The number of carbonyl (C=O) groups is 2. The van der Waals surface area contributed by atoms with Gasteiger partial charge < -0.3 is 0 Å². The number of nitro benzene ring substituents is 1. The molecule has 0 saturated heterocycles. The minimum atomic E-state index is -0.740. The average molecular weight is 283 g/mol. The van der Waals surface area contributed by atoms with Crippen molar-refractivity contribution in [1.82, 2.24) is 5.32 Å². The van der Waals surface area contributed by atoms with Gasteiger partial charge in [0.2, 0.25) is 0 Å². The molecule has 104 valence electrons. The molecule has 0 spiro atoms. The van der Waals surface area contributed by atoms with Crippen molar-refractivity contribution in [3.05, 3.63) is 56.7 Å². The Morgan fingerprint density at radius 2 is 2.05 bits per heavy atom. The fourth-order valence-electron chi connectivity index (χ4n) is 1.91. The molecule has 0 aliphatic carbocycles. The smallest absolute Gasteiger partial charge is 0.270 e. The fourth-order valence-corrected chi connectivity index (χ4v) is 1.91. The van der Waals surface area contributed by atoms with Gasteiger partial charge in [-0.3, -0.25) is 25.0 Å². The number of carbonyl (C=O) groups excluding carboxylic acids is 2. The van der Waals surface area contributed by atoms with E-state index in [0.29, 0.717) is 5.56 Å². The first-order valence-electron chi connectivity index (χ1n) is 5.87. The molecule has 0 saturated carbocycles. The Kier molecular flexibility index (Phi) is 3.63. The van der Waals surface area contributed by atoms with Crippen LogP contribution in [-0.2, 0) is 9.59 Å². The van der Waals surface area contributed by atoms with Crippen molar-refractivity contribution in [3.8, 4) is 6.07 Å². The Bertz CT molecular complexity index is 769. The van der Waals surface area contributed by atoms with Crippen molar-refractivity contribution >= 4 is 23.6 Å². The quantitative estimate of drug-likeness (QED) is 0.382. The van der Waals surface area contributed by atoms with E-state index in [4.69, 9.17) is 5.26 Å². The molecule has 2 rings (SSSR count). The first-order valence-corrected chi connectivity index (χ1v) is 5.87. The monoisotopic (exact) mass is 283 g/mol. The maximum absolute atomic E-state index is 11.8. The molecule has 0 aromatic heterocycles. The highest BCUT2D eigenvalue weighted by atomic mass is 16.6. The molecule has 0 unspecified atom stereocenters. The summed E-state index contributed by atoms with van der Waals surface area (Å²) >= 11 is 0. The van der Waals surface area contributed by atoms with Gasteiger partial charge in [0.15, 0.2) is 0 Å². The van der Waals surface area contributed by atoms with Gasteiger partial charge in [0.25, 0.3) is 17.5 Å². The van der Waals surface area contributed by atoms with Gasteiger partial charge in [-0.05, 0) is 24.1 Å². The van der Waals surface area contributed by atoms with Gasteiger partial charge in [0.05, 0.1) is 4.92 Å². The molecule has 1 aliphatic heterocycles. The maximum Gasteiger partial charge on any atom is 0.270 e. The Morgan fingerprint density at radius 1 is 1.33 bits per heavy atom. The van der Waals surface area contributed by atoms with Crippen molar-refractivity contribution in [3.63, 3.8) is 0 Å². The van der Waals surface area contributed by atoms with Crippen LogP contribution in [0.5, 0.6) is 0 Å². The Labute approximate surface area is 119 Å². The topological polar surface area (TPSA) is 113 Å². The van der Waals surface area contributed by atoms with Crippen molar-refractivity contribution in [2.24, 2.45) is 0 Å². The Morgan fingerprint density at radius 3 is 2.67 bits per heavy atom. The summed E-state index contributed by atoms with van der Waals surface area (Å²) in [7, 11) is 0. The zero-order valence-electron chi connectivity index (χ0n) is 10.9. The Hall–Kier alpha value is -3.27. The lowest BCUT2D eigenvalue weighted by molar-refractivity contribution is -0.384. The molecule has 7 heteroatoms. The van der Waals surface area contributed by atoms with Gasteiger partial charge in [0.1, 0.15) is 11.6 Å². The second-order valence-corrected chi connectivity index (χ2v) is 4.31. The number of nitrogens with one attached hydrogen (secondary N) is 1. The normalized spacial score (nSPS) is 16.7. The lowest BCUT2D eigenvalue weighted by Gasteiger charge is -2.15. The van der Waals surface area contributed by atoms with Gasteiger partial charge in [-0.25, -0.2) is 0 Å². The van der Waals surface area contributed by atoms with Crippen LogP contribution in [0.4, 0.5) is 5.69 Å². The molecule has 1 heterocycles. The van der Waals surface area contributed by atoms with Crippen LogP contribution in [0.2, 0.25) is 0 Å². The van der Waals surface area contributed by atoms with Crippen LogP contribution in [0.25, 0.3) is 6.08 Å². The number of amides is 2. The molecule has 7 nitrogen and oxygen atoms in total. The van der Waals surface area contributed by atoms with Gasteiger partial charge in [0, 0.05) is 17.7 Å². The number of nitro groups is 1. The third-order valence-corrected chi connectivity index (χ3v) is 2.98. The van der Waals surface area contributed by atoms with E-state index >= 15 is 0 Å². The lowest BCUT2D eigenvalue weighted by atomic mass is 9.95. The highest BCUT2D eigenvalue weighted by molar-refractivity contribution is 6.19. The summed E-state index contributed by atoms with van der Waals surface area (Å²) in [6.45, 7) is 1.48. The summed E-state index contributed by atoms with van der Waals surface area (Å²) in [5, 5.41) is 21.7. The molecule has 2 amide bonds. The molecule has 0 fully saturated rings. The molecule has 1 aliphatic rings. The third-order valence-electron chi connectivity index (χ3n) is 2.98. The minimum Gasteiger partial charge on any atom is -0.288 e. The highest BCUT2D eigenvalue weighted by Crippen LogP contribution is 2.23. The van der Waals surface area contributed by atoms with Crippen LogP contribution in [0, 0.1) is 21.4 Å². The number of non-ortho nitro benzene ring substituents is 1. The molecular formula is C14H9N3O4. The van der Waals surface area contributed by atoms with E-state index in [1.807, 2.05) is 0 Å². The SMILES string of the molecule is CC1=C(C#N)C(=O)NC(=O)/C1=C\c1cccc([N+](=O)[O-])c1. The van der Waals surface area contributed by atoms with Crippen LogP contribution in [-0.4, -0.2) is 16.7 Å². The van der Waals surface area contributed by atoms with E-state index in [1.165, 1.54) is 31.2 Å². The molecule has 1 aromatic carbocycles. The zero-order valence-corrected chi connectivity index (χ0v) is 10.9. The maximum atomic E-state index is 11.8. The van der Waals surface area contributed by atoms with E-state index in [9.17, 15) is 19.7 Å². The summed E-state index contributed by atoms with van der Waals surface area (Å²) in [5.41, 5.74) is 0.551. The summed E-state index contributed by atoms with van der Waals surface area (Å²) in [5.74, 6) is -1.38. The molecule has 1 aromatic rings. The summed E-state index contributed by atoms with van der Waals surface area (Å²) in [6.07, 6.45) is 1.40. The standard InChI is InChI=1S/C14H9N3O4/c1-8-11(13(18)16-14(19)12(8)7-15)6-9-3-2-4-10(5-9)17(20)21/h2-6H,1H3,(H,16,18,19)/b11-6-. The number of nitriles is 1.